The third-order valence-corrected chi connectivity index (χ3v) is 4.99. The summed E-state index contributed by atoms with van der Waals surface area (Å²) in [7, 11) is 0. The lowest BCUT2D eigenvalue weighted by molar-refractivity contribution is -0.122. The maximum absolute atomic E-state index is 13.5. The highest BCUT2D eigenvalue weighted by atomic mass is 32.2. The number of fused-ring (bicyclic) bond motifs is 1. The second-order valence-corrected chi connectivity index (χ2v) is 6.68. The third kappa shape index (κ3) is 3.74. The van der Waals surface area contributed by atoms with E-state index < -0.39 is 6.10 Å². The van der Waals surface area contributed by atoms with Crippen LogP contribution in [0, 0.1) is 5.82 Å². The Kier molecular flexibility index (Phi) is 4.98. The van der Waals surface area contributed by atoms with Crippen molar-refractivity contribution in [3.8, 4) is 0 Å². The van der Waals surface area contributed by atoms with Crippen molar-refractivity contribution < 1.29 is 14.3 Å². The number of halogens is 1. The van der Waals surface area contributed by atoms with Gasteiger partial charge in [0.25, 0.3) is 0 Å². The summed E-state index contributed by atoms with van der Waals surface area (Å²) in [6, 6.07) is 13.9. The molecule has 3 rings (SSSR count). The second kappa shape index (κ2) is 7.15. The van der Waals surface area contributed by atoms with E-state index >= 15 is 0 Å². The molecule has 2 aromatic rings. The van der Waals surface area contributed by atoms with Gasteiger partial charge >= 0.3 is 0 Å². The number of hydrogen-bond donors (Lipinski definition) is 2. The number of nitrogens with one attached hydrogen (secondary N) is 1. The van der Waals surface area contributed by atoms with Crippen molar-refractivity contribution in [3.05, 3.63) is 65.5 Å². The van der Waals surface area contributed by atoms with Crippen molar-refractivity contribution in [1.29, 1.82) is 0 Å². The molecule has 2 aromatic carbocycles. The first-order valence-corrected chi connectivity index (χ1v) is 8.56. The lowest BCUT2D eigenvalue weighted by atomic mass is 10.1. The highest BCUT2D eigenvalue weighted by molar-refractivity contribution is 7.99. The number of carbonyl (C=O) groups excluding carboxylic acids is 1. The Labute approximate surface area is 138 Å². The van der Waals surface area contributed by atoms with Crippen LogP contribution >= 0.6 is 11.8 Å². The largest absolute Gasteiger partial charge is 0.390 e. The van der Waals surface area contributed by atoms with Gasteiger partial charge in [0.15, 0.2) is 0 Å². The highest BCUT2D eigenvalue weighted by Gasteiger charge is 2.31. The summed E-state index contributed by atoms with van der Waals surface area (Å²) in [6.07, 6.45) is 0.255. The molecule has 120 valence electrons. The first-order chi connectivity index (χ1) is 11.1. The van der Waals surface area contributed by atoms with Crippen LogP contribution in [0.4, 0.5) is 4.39 Å². The van der Waals surface area contributed by atoms with E-state index in [1.165, 1.54) is 17.8 Å². The molecule has 1 amide bonds. The van der Waals surface area contributed by atoms with Crippen LogP contribution in [-0.4, -0.2) is 22.9 Å². The van der Waals surface area contributed by atoms with Gasteiger partial charge < -0.3 is 10.4 Å². The Balaban J connectivity index is 1.53. The fourth-order valence-electron chi connectivity index (χ4n) is 2.81. The molecule has 0 saturated carbocycles. The summed E-state index contributed by atoms with van der Waals surface area (Å²) < 4.78 is 13.5. The van der Waals surface area contributed by atoms with E-state index in [0.29, 0.717) is 17.1 Å². The molecule has 0 aliphatic heterocycles. The van der Waals surface area contributed by atoms with Crippen LogP contribution in [0.15, 0.2) is 53.4 Å². The zero-order valence-corrected chi connectivity index (χ0v) is 13.4. The predicted octanol–water partition coefficient (Wildman–Crippen LogP) is 3.08. The Morgan fingerprint density at radius 1 is 1.22 bits per heavy atom. The van der Waals surface area contributed by atoms with Crippen molar-refractivity contribution in [1.82, 2.24) is 5.32 Å². The van der Waals surface area contributed by atoms with Gasteiger partial charge in [0, 0.05) is 23.5 Å². The molecular formula is C18H18FNO2S. The minimum absolute atomic E-state index is 0.130. The molecule has 0 heterocycles. The van der Waals surface area contributed by atoms with Gasteiger partial charge in [0.2, 0.25) is 5.91 Å². The van der Waals surface area contributed by atoms with Crippen LogP contribution in [-0.2, 0) is 11.2 Å². The molecule has 1 aliphatic rings. The summed E-state index contributed by atoms with van der Waals surface area (Å²) in [6.45, 7) is 0. The third-order valence-electron chi connectivity index (χ3n) is 3.94. The van der Waals surface area contributed by atoms with Gasteiger partial charge in [-0.25, -0.2) is 4.39 Å². The van der Waals surface area contributed by atoms with Crippen LogP contribution in [0.5, 0.6) is 0 Å². The number of benzene rings is 2. The molecule has 1 aliphatic carbocycles. The monoisotopic (exact) mass is 331 g/mol. The first-order valence-electron chi connectivity index (χ1n) is 7.57. The smallest absolute Gasteiger partial charge is 0.221 e. The van der Waals surface area contributed by atoms with Gasteiger partial charge in [0.05, 0.1) is 12.1 Å². The van der Waals surface area contributed by atoms with Crippen LogP contribution < -0.4 is 5.32 Å². The van der Waals surface area contributed by atoms with Crippen molar-refractivity contribution in [2.45, 2.75) is 29.9 Å². The summed E-state index contributed by atoms with van der Waals surface area (Å²) >= 11 is 1.32. The fraction of sp³-hybridized carbons (Fsp3) is 0.278. The maximum atomic E-state index is 13.5. The second-order valence-electron chi connectivity index (χ2n) is 5.54. The first kappa shape index (κ1) is 16.0. The number of aliphatic hydroxyl groups excluding tert-OH is 1. The van der Waals surface area contributed by atoms with E-state index in [2.05, 4.69) is 5.32 Å². The standard InChI is InChI=1S/C18H18FNO2S/c19-14-7-3-4-8-16(14)23-10-9-17(22)20-18-13-6-2-1-5-12(13)11-15(18)21/h1-8,15,18,21H,9-11H2,(H,20,22)/t15-,18+/m1/s1. The van der Waals surface area contributed by atoms with Crippen LogP contribution in [0.1, 0.15) is 23.6 Å². The molecule has 5 heteroatoms. The van der Waals surface area contributed by atoms with E-state index in [1.54, 1.807) is 18.2 Å². The minimum Gasteiger partial charge on any atom is -0.390 e. The van der Waals surface area contributed by atoms with E-state index in [-0.39, 0.29) is 24.2 Å². The van der Waals surface area contributed by atoms with E-state index in [4.69, 9.17) is 0 Å². The molecule has 0 spiro atoms. The van der Waals surface area contributed by atoms with Crippen molar-refractivity contribution in [3.63, 3.8) is 0 Å². The number of amides is 1. The molecule has 2 atom stereocenters. The minimum atomic E-state index is -0.587. The molecule has 23 heavy (non-hydrogen) atoms. The molecule has 0 saturated heterocycles. The zero-order chi connectivity index (χ0) is 16.2. The summed E-state index contributed by atoms with van der Waals surface area (Å²) in [5, 5.41) is 13.0. The number of thioether (sulfide) groups is 1. The molecule has 0 bridgehead atoms. The molecule has 0 aromatic heterocycles. The van der Waals surface area contributed by atoms with Crippen LogP contribution in [0.25, 0.3) is 0 Å². The Bertz CT molecular complexity index is 707. The summed E-state index contributed by atoms with van der Waals surface area (Å²) in [5.41, 5.74) is 2.06. The molecular weight excluding hydrogens is 313 g/mol. The fourth-order valence-corrected chi connectivity index (χ4v) is 3.70. The predicted molar refractivity (Wildman–Crippen MR) is 88.8 cm³/mol. The van der Waals surface area contributed by atoms with Crippen molar-refractivity contribution >= 4 is 17.7 Å². The Morgan fingerprint density at radius 2 is 1.96 bits per heavy atom. The number of aliphatic hydroxyl groups is 1. The number of rotatable bonds is 5. The summed E-state index contributed by atoms with van der Waals surface area (Å²) in [5.74, 6) is 0.102. The Hall–Kier alpha value is -1.85. The molecule has 3 nitrogen and oxygen atoms in total. The van der Waals surface area contributed by atoms with Gasteiger partial charge in [-0.05, 0) is 23.3 Å². The van der Waals surface area contributed by atoms with E-state index in [1.807, 2.05) is 24.3 Å². The maximum Gasteiger partial charge on any atom is 0.221 e. The average molecular weight is 331 g/mol. The van der Waals surface area contributed by atoms with Gasteiger partial charge in [-0.2, -0.15) is 0 Å². The van der Waals surface area contributed by atoms with E-state index in [9.17, 15) is 14.3 Å². The highest BCUT2D eigenvalue weighted by Crippen LogP contribution is 2.31. The van der Waals surface area contributed by atoms with Crippen LogP contribution in [0.3, 0.4) is 0 Å². The Morgan fingerprint density at radius 3 is 2.78 bits per heavy atom. The molecule has 0 unspecified atom stereocenters. The van der Waals surface area contributed by atoms with Gasteiger partial charge in [-0.3, -0.25) is 4.79 Å². The SMILES string of the molecule is O=C(CCSc1ccccc1F)N[C@H]1c2ccccc2C[C@H]1O. The topological polar surface area (TPSA) is 49.3 Å². The summed E-state index contributed by atoms with van der Waals surface area (Å²) in [4.78, 5) is 12.6. The number of carbonyl (C=O) groups is 1. The number of hydrogen-bond acceptors (Lipinski definition) is 3. The van der Waals surface area contributed by atoms with E-state index in [0.717, 1.165) is 11.1 Å². The lowest BCUT2D eigenvalue weighted by Gasteiger charge is -2.18. The molecule has 0 radical (unpaired) electrons. The van der Waals surface area contributed by atoms with Crippen molar-refractivity contribution in [2.75, 3.05) is 5.75 Å². The van der Waals surface area contributed by atoms with Crippen LogP contribution in [0.2, 0.25) is 0 Å². The molecule has 2 N–H and O–H groups in total. The quantitative estimate of drug-likeness (QED) is 0.828. The lowest BCUT2D eigenvalue weighted by Crippen LogP contribution is -2.34. The zero-order valence-electron chi connectivity index (χ0n) is 12.5. The molecule has 0 fully saturated rings. The normalized spacial score (nSPS) is 19.4. The van der Waals surface area contributed by atoms with Crippen molar-refractivity contribution in [2.24, 2.45) is 0 Å². The van der Waals surface area contributed by atoms with Gasteiger partial charge in [-0.1, -0.05) is 36.4 Å². The van der Waals surface area contributed by atoms with Gasteiger partial charge in [-0.15, -0.1) is 11.8 Å². The average Bonchev–Trinajstić information content (AvgIpc) is 2.85. The van der Waals surface area contributed by atoms with Gasteiger partial charge in [0.1, 0.15) is 5.82 Å².